The van der Waals surface area contributed by atoms with E-state index in [0.717, 1.165) is 38.6 Å². The van der Waals surface area contributed by atoms with Gasteiger partial charge in [0.2, 0.25) is 5.91 Å². The Labute approximate surface area is 110 Å². The van der Waals surface area contributed by atoms with Gasteiger partial charge in [-0.25, -0.2) is 0 Å². The fourth-order valence-electron chi connectivity index (χ4n) is 3.30. The van der Waals surface area contributed by atoms with Crippen molar-refractivity contribution in [3.8, 4) is 0 Å². The molecule has 0 saturated heterocycles. The molecule has 2 saturated carbocycles. The zero-order valence-corrected chi connectivity index (χ0v) is 11.5. The third-order valence-corrected chi connectivity index (χ3v) is 4.60. The van der Waals surface area contributed by atoms with E-state index in [9.17, 15) is 9.90 Å². The van der Waals surface area contributed by atoms with Crippen LogP contribution in [0.5, 0.6) is 0 Å². The van der Waals surface area contributed by atoms with Crippen LogP contribution in [-0.4, -0.2) is 41.7 Å². The van der Waals surface area contributed by atoms with Crippen LogP contribution in [0.4, 0.5) is 0 Å². The summed E-state index contributed by atoms with van der Waals surface area (Å²) in [6.45, 7) is 2.97. The van der Waals surface area contributed by atoms with Crippen LogP contribution in [0.25, 0.3) is 0 Å². The molecule has 18 heavy (non-hydrogen) atoms. The van der Waals surface area contributed by atoms with Crippen LogP contribution in [0.1, 0.15) is 39.0 Å². The van der Waals surface area contributed by atoms with Gasteiger partial charge in [-0.05, 0) is 43.9 Å². The summed E-state index contributed by atoms with van der Waals surface area (Å²) in [6, 6.07) is 0.0307. The van der Waals surface area contributed by atoms with E-state index in [1.165, 1.54) is 0 Å². The van der Waals surface area contributed by atoms with Crippen molar-refractivity contribution < 1.29 is 9.90 Å². The first-order valence-corrected chi connectivity index (χ1v) is 7.16. The molecule has 0 spiro atoms. The average Bonchev–Trinajstić information content (AvgIpc) is 2.29. The lowest BCUT2D eigenvalue weighted by Crippen LogP contribution is -2.48. The van der Waals surface area contributed by atoms with Crippen molar-refractivity contribution in [2.24, 2.45) is 23.5 Å². The second kappa shape index (κ2) is 5.57. The van der Waals surface area contributed by atoms with Crippen LogP contribution in [0.2, 0.25) is 0 Å². The van der Waals surface area contributed by atoms with Gasteiger partial charge in [-0.15, -0.1) is 0 Å². The molecule has 0 radical (unpaired) electrons. The standard InChI is InChI=1S/C14H26N2O2/c1-9-3-4-13(15)12(5-9)14(18)16(2)8-10-6-11(17)7-10/h9-13,17H,3-8,15H2,1-2H3. The molecule has 3 atom stereocenters. The smallest absolute Gasteiger partial charge is 0.227 e. The maximum atomic E-state index is 12.4. The van der Waals surface area contributed by atoms with E-state index in [-0.39, 0.29) is 24.0 Å². The van der Waals surface area contributed by atoms with Gasteiger partial charge in [-0.1, -0.05) is 6.92 Å². The summed E-state index contributed by atoms with van der Waals surface area (Å²) in [4.78, 5) is 14.2. The number of aliphatic hydroxyl groups excluding tert-OH is 1. The van der Waals surface area contributed by atoms with E-state index in [4.69, 9.17) is 5.73 Å². The zero-order valence-electron chi connectivity index (χ0n) is 11.5. The first-order valence-electron chi connectivity index (χ1n) is 7.16. The van der Waals surface area contributed by atoms with Crippen LogP contribution in [-0.2, 0) is 4.79 Å². The number of hydrogen-bond acceptors (Lipinski definition) is 3. The van der Waals surface area contributed by atoms with E-state index < -0.39 is 0 Å². The minimum Gasteiger partial charge on any atom is -0.393 e. The summed E-state index contributed by atoms with van der Waals surface area (Å²) in [7, 11) is 1.87. The topological polar surface area (TPSA) is 66.6 Å². The zero-order chi connectivity index (χ0) is 13.3. The monoisotopic (exact) mass is 254 g/mol. The molecule has 104 valence electrons. The Hall–Kier alpha value is -0.610. The summed E-state index contributed by atoms with van der Waals surface area (Å²) in [5.74, 6) is 1.29. The summed E-state index contributed by atoms with van der Waals surface area (Å²) < 4.78 is 0. The Morgan fingerprint density at radius 3 is 2.61 bits per heavy atom. The van der Waals surface area contributed by atoms with E-state index in [1.54, 1.807) is 0 Å². The number of nitrogens with two attached hydrogens (primary N) is 1. The average molecular weight is 254 g/mol. The molecule has 3 unspecified atom stereocenters. The lowest BCUT2D eigenvalue weighted by molar-refractivity contribution is -0.138. The molecule has 0 heterocycles. The highest BCUT2D eigenvalue weighted by atomic mass is 16.3. The molecular weight excluding hydrogens is 228 g/mol. The van der Waals surface area contributed by atoms with E-state index in [2.05, 4.69) is 6.92 Å². The molecular formula is C14H26N2O2. The number of nitrogens with zero attached hydrogens (tertiary/aromatic N) is 1. The summed E-state index contributed by atoms with van der Waals surface area (Å²) in [5, 5.41) is 9.27. The Balaban J connectivity index is 1.85. The van der Waals surface area contributed by atoms with Gasteiger partial charge >= 0.3 is 0 Å². The Kier molecular flexibility index (Phi) is 4.28. The molecule has 0 aliphatic heterocycles. The molecule has 3 N–H and O–H groups in total. The first kappa shape index (κ1) is 13.8. The number of carbonyl (C=O) groups excluding carboxylic acids is 1. The van der Waals surface area contributed by atoms with Gasteiger partial charge in [0.25, 0.3) is 0 Å². The lowest BCUT2D eigenvalue weighted by atomic mass is 9.78. The van der Waals surface area contributed by atoms with Gasteiger partial charge in [0.1, 0.15) is 0 Å². The summed E-state index contributed by atoms with van der Waals surface area (Å²) in [6.07, 6.45) is 4.57. The molecule has 2 fully saturated rings. The van der Waals surface area contributed by atoms with E-state index in [0.29, 0.717) is 11.8 Å². The van der Waals surface area contributed by atoms with E-state index in [1.807, 2.05) is 11.9 Å². The van der Waals surface area contributed by atoms with Gasteiger partial charge in [-0.3, -0.25) is 4.79 Å². The fraction of sp³-hybridized carbons (Fsp3) is 0.929. The minimum absolute atomic E-state index is 0.00347. The highest BCUT2D eigenvalue weighted by Crippen LogP contribution is 2.31. The van der Waals surface area contributed by atoms with Crippen molar-refractivity contribution in [2.75, 3.05) is 13.6 Å². The SMILES string of the molecule is CC1CCC(N)C(C(=O)N(C)CC2CC(O)C2)C1. The Morgan fingerprint density at radius 1 is 1.33 bits per heavy atom. The second-order valence-corrected chi connectivity index (χ2v) is 6.40. The lowest BCUT2D eigenvalue weighted by Gasteiger charge is -2.38. The van der Waals surface area contributed by atoms with Gasteiger partial charge in [0.15, 0.2) is 0 Å². The summed E-state index contributed by atoms with van der Waals surface area (Å²) in [5.41, 5.74) is 6.09. The largest absolute Gasteiger partial charge is 0.393 e. The highest BCUT2D eigenvalue weighted by Gasteiger charge is 2.35. The van der Waals surface area contributed by atoms with Crippen LogP contribution in [0.3, 0.4) is 0 Å². The molecule has 4 heteroatoms. The van der Waals surface area contributed by atoms with Crippen molar-refractivity contribution in [3.63, 3.8) is 0 Å². The van der Waals surface area contributed by atoms with Gasteiger partial charge < -0.3 is 15.7 Å². The molecule has 1 amide bonds. The van der Waals surface area contributed by atoms with Crippen LogP contribution in [0.15, 0.2) is 0 Å². The van der Waals surface area contributed by atoms with Crippen molar-refractivity contribution in [1.82, 2.24) is 4.90 Å². The van der Waals surface area contributed by atoms with Gasteiger partial charge in [-0.2, -0.15) is 0 Å². The summed E-state index contributed by atoms with van der Waals surface area (Å²) >= 11 is 0. The number of hydrogen-bond donors (Lipinski definition) is 2. The van der Waals surface area contributed by atoms with Gasteiger partial charge in [0, 0.05) is 19.6 Å². The molecule has 0 bridgehead atoms. The molecule has 0 aromatic rings. The molecule has 2 rings (SSSR count). The predicted octanol–water partition coefficient (Wildman–Crippen LogP) is 0.979. The number of rotatable bonds is 3. The third-order valence-electron chi connectivity index (χ3n) is 4.60. The number of amides is 1. The van der Waals surface area contributed by atoms with Crippen molar-refractivity contribution >= 4 is 5.91 Å². The molecule has 2 aliphatic rings. The van der Waals surface area contributed by atoms with Crippen LogP contribution < -0.4 is 5.73 Å². The van der Waals surface area contributed by atoms with Crippen molar-refractivity contribution in [1.29, 1.82) is 0 Å². The van der Waals surface area contributed by atoms with Gasteiger partial charge in [0.05, 0.1) is 12.0 Å². The van der Waals surface area contributed by atoms with Crippen LogP contribution >= 0.6 is 0 Å². The fourth-order valence-corrected chi connectivity index (χ4v) is 3.30. The maximum Gasteiger partial charge on any atom is 0.227 e. The van der Waals surface area contributed by atoms with E-state index >= 15 is 0 Å². The Morgan fingerprint density at radius 2 is 2.00 bits per heavy atom. The molecule has 0 aromatic carbocycles. The van der Waals surface area contributed by atoms with Crippen molar-refractivity contribution in [2.45, 2.75) is 51.2 Å². The first-order chi connectivity index (χ1) is 8.47. The quantitative estimate of drug-likeness (QED) is 0.789. The number of aliphatic hydroxyl groups is 1. The Bertz CT molecular complexity index is 302. The molecule has 0 aromatic heterocycles. The minimum atomic E-state index is -0.143. The molecule has 2 aliphatic carbocycles. The highest BCUT2D eigenvalue weighted by molar-refractivity contribution is 5.79. The maximum absolute atomic E-state index is 12.4. The second-order valence-electron chi connectivity index (χ2n) is 6.40. The normalized spacial score (nSPS) is 40.1. The van der Waals surface area contributed by atoms with Crippen molar-refractivity contribution in [3.05, 3.63) is 0 Å². The third kappa shape index (κ3) is 3.04. The van der Waals surface area contributed by atoms with Crippen LogP contribution in [0, 0.1) is 17.8 Å². The molecule has 4 nitrogen and oxygen atoms in total. The number of carbonyl (C=O) groups is 1. The predicted molar refractivity (Wildman–Crippen MR) is 70.8 cm³/mol.